The first-order valence-electron chi connectivity index (χ1n) is 10.7. The fraction of sp³-hybridized carbons (Fsp3) is 0.636. The number of fused-ring (bicyclic) bond motifs is 2. The van der Waals surface area contributed by atoms with Crippen LogP contribution in [-0.4, -0.2) is 49.0 Å². The zero-order valence-electron chi connectivity index (χ0n) is 18.4. The van der Waals surface area contributed by atoms with E-state index in [4.69, 9.17) is 5.11 Å². The molecule has 178 valence electrons. The minimum absolute atomic E-state index is 0.0101. The molecule has 2 bridgehead atoms. The molecule has 2 heterocycles. The third-order valence-electron chi connectivity index (χ3n) is 6.27. The molecule has 3 rings (SSSR count). The molecule has 1 aromatic carbocycles. The summed E-state index contributed by atoms with van der Waals surface area (Å²) in [7, 11) is -1.49. The number of halogens is 3. The topological polar surface area (TPSA) is 86.7 Å². The summed E-state index contributed by atoms with van der Waals surface area (Å²) in [6.07, 6.45) is 1.99. The van der Waals surface area contributed by atoms with Crippen molar-refractivity contribution in [2.45, 2.75) is 82.2 Å². The monoisotopic (exact) mass is 474 g/mol. The standard InChI is InChI=1S/C22H29F3N2O4S/c1-22(2,3)32(31)26-19(9-12-8-17(24)18(25)10-16(12)23)13-6-14-4-5-15(7-13)27(14)20(28)11-21(29)30/h8,10,13-15,19,26H,4-7,9,11H2,1-3H3,(H,29,30)/t13?,14?,15?,19-,32+/m1/s1. The van der Waals surface area contributed by atoms with Crippen molar-refractivity contribution < 1.29 is 32.1 Å². The molecule has 10 heteroatoms. The Morgan fingerprint density at radius 2 is 1.69 bits per heavy atom. The van der Waals surface area contributed by atoms with E-state index in [1.807, 2.05) is 0 Å². The maximum atomic E-state index is 14.4. The van der Waals surface area contributed by atoms with Crippen molar-refractivity contribution in [2.24, 2.45) is 5.92 Å². The Bertz CT molecular complexity index is 907. The van der Waals surface area contributed by atoms with Crippen LogP contribution in [0.5, 0.6) is 0 Å². The van der Waals surface area contributed by atoms with Gasteiger partial charge in [-0.25, -0.2) is 22.1 Å². The molecule has 2 saturated heterocycles. The number of aliphatic carboxylic acids is 1. The zero-order valence-corrected chi connectivity index (χ0v) is 19.2. The van der Waals surface area contributed by atoms with Crippen LogP contribution in [0.2, 0.25) is 0 Å². The summed E-state index contributed by atoms with van der Waals surface area (Å²) < 4.78 is 56.8. The van der Waals surface area contributed by atoms with Gasteiger partial charge in [-0.05, 0) is 70.4 Å². The number of carboxylic acids is 1. The second-order valence-electron chi connectivity index (χ2n) is 9.66. The second kappa shape index (κ2) is 9.51. The number of nitrogens with one attached hydrogen (secondary N) is 1. The third-order valence-corrected chi connectivity index (χ3v) is 7.90. The molecule has 0 aromatic heterocycles. The van der Waals surface area contributed by atoms with Crippen LogP contribution >= 0.6 is 0 Å². The number of piperidine rings is 1. The highest BCUT2D eigenvalue weighted by molar-refractivity contribution is 7.84. The minimum atomic E-state index is -1.49. The lowest BCUT2D eigenvalue weighted by atomic mass is 9.82. The Morgan fingerprint density at radius 1 is 1.12 bits per heavy atom. The van der Waals surface area contributed by atoms with Crippen LogP contribution in [0, 0.1) is 23.4 Å². The lowest BCUT2D eigenvalue weighted by molar-refractivity contribution is -0.146. The van der Waals surface area contributed by atoms with Gasteiger partial charge in [-0.1, -0.05) is 0 Å². The van der Waals surface area contributed by atoms with Crippen LogP contribution in [0.25, 0.3) is 0 Å². The summed E-state index contributed by atoms with van der Waals surface area (Å²) in [5.74, 6) is -4.97. The van der Waals surface area contributed by atoms with E-state index in [9.17, 15) is 27.0 Å². The first-order valence-corrected chi connectivity index (χ1v) is 11.9. The predicted molar refractivity (Wildman–Crippen MR) is 113 cm³/mol. The number of benzene rings is 1. The van der Waals surface area contributed by atoms with Gasteiger partial charge >= 0.3 is 5.97 Å². The van der Waals surface area contributed by atoms with E-state index < -0.39 is 57.5 Å². The average molecular weight is 475 g/mol. The van der Waals surface area contributed by atoms with Crippen LogP contribution in [0.3, 0.4) is 0 Å². The second-order valence-corrected chi connectivity index (χ2v) is 11.7. The molecular formula is C22H29F3N2O4S. The van der Waals surface area contributed by atoms with E-state index in [2.05, 4.69) is 4.72 Å². The third kappa shape index (κ3) is 5.51. The number of rotatable bonds is 7. The molecular weight excluding hydrogens is 445 g/mol. The molecule has 6 nitrogen and oxygen atoms in total. The summed E-state index contributed by atoms with van der Waals surface area (Å²) in [4.78, 5) is 25.0. The molecule has 32 heavy (non-hydrogen) atoms. The summed E-state index contributed by atoms with van der Waals surface area (Å²) in [6.45, 7) is 5.38. The normalized spacial score (nSPS) is 24.9. The Hall–Kier alpha value is -1.94. The largest absolute Gasteiger partial charge is 0.481 e. The van der Waals surface area contributed by atoms with E-state index in [1.165, 1.54) is 0 Å². The predicted octanol–water partition coefficient (Wildman–Crippen LogP) is 3.31. The SMILES string of the molecule is CC(C)(C)[S@](=O)N[C@H](Cc1cc(F)c(F)cc1F)C1CC2CCC(C1)N2C(=O)CC(=O)O. The van der Waals surface area contributed by atoms with E-state index in [0.717, 1.165) is 18.9 Å². The molecule has 2 fully saturated rings. The summed E-state index contributed by atoms with van der Waals surface area (Å²) >= 11 is 0. The summed E-state index contributed by atoms with van der Waals surface area (Å²) in [6, 6.07) is 0.563. The average Bonchev–Trinajstić information content (AvgIpc) is 2.94. The quantitative estimate of drug-likeness (QED) is 0.469. The van der Waals surface area contributed by atoms with Crippen LogP contribution < -0.4 is 4.72 Å². The molecule has 1 aromatic rings. The van der Waals surface area contributed by atoms with Gasteiger partial charge in [0.25, 0.3) is 0 Å². The maximum Gasteiger partial charge on any atom is 0.312 e. The smallest absolute Gasteiger partial charge is 0.312 e. The number of carbonyl (C=O) groups excluding carboxylic acids is 1. The van der Waals surface area contributed by atoms with Crippen molar-refractivity contribution in [3.05, 3.63) is 35.1 Å². The minimum Gasteiger partial charge on any atom is -0.481 e. The van der Waals surface area contributed by atoms with Gasteiger partial charge in [0.1, 0.15) is 12.2 Å². The molecule has 2 aliphatic heterocycles. The maximum absolute atomic E-state index is 14.4. The fourth-order valence-electron chi connectivity index (χ4n) is 4.75. The fourth-order valence-corrected chi connectivity index (χ4v) is 5.66. The molecule has 0 spiro atoms. The molecule has 0 saturated carbocycles. The Labute approximate surface area is 188 Å². The Kier molecular flexibility index (Phi) is 7.34. The van der Waals surface area contributed by atoms with Gasteiger partial charge < -0.3 is 10.0 Å². The Morgan fingerprint density at radius 3 is 2.22 bits per heavy atom. The number of hydrogen-bond donors (Lipinski definition) is 2. The summed E-state index contributed by atoms with van der Waals surface area (Å²) in [5.41, 5.74) is -0.0101. The molecule has 2 N–H and O–H groups in total. The van der Waals surface area contributed by atoms with Gasteiger partial charge in [0.15, 0.2) is 11.6 Å². The molecule has 0 aliphatic carbocycles. The van der Waals surface area contributed by atoms with Crippen LogP contribution in [0.4, 0.5) is 13.2 Å². The van der Waals surface area contributed by atoms with Gasteiger partial charge in [-0.15, -0.1) is 0 Å². The van der Waals surface area contributed by atoms with E-state index in [-0.39, 0.29) is 30.0 Å². The van der Waals surface area contributed by atoms with Crippen molar-refractivity contribution in [1.82, 2.24) is 9.62 Å². The van der Waals surface area contributed by atoms with E-state index in [0.29, 0.717) is 18.9 Å². The number of nitrogens with zero attached hydrogens (tertiary/aromatic N) is 1. The molecule has 4 atom stereocenters. The first kappa shape index (κ1) is 24.7. The number of amides is 1. The van der Waals surface area contributed by atoms with Gasteiger partial charge in [0.2, 0.25) is 5.91 Å². The van der Waals surface area contributed by atoms with E-state index in [1.54, 1.807) is 25.7 Å². The van der Waals surface area contributed by atoms with Crippen molar-refractivity contribution in [1.29, 1.82) is 0 Å². The van der Waals surface area contributed by atoms with Crippen molar-refractivity contribution >= 4 is 22.9 Å². The highest BCUT2D eigenvalue weighted by Gasteiger charge is 2.45. The molecule has 2 unspecified atom stereocenters. The first-order chi connectivity index (χ1) is 14.9. The van der Waals surface area contributed by atoms with Crippen LogP contribution in [0.15, 0.2) is 12.1 Å². The highest BCUT2D eigenvalue weighted by Crippen LogP contribution is 2.41. The van der Waals surface area contributed by atoms with Crippen molar-refractivity contribution in [3.63, 3.8) is 0 Å². The van der Waals surface area contributed by atoms with Crippen LogP contribution in [-0.2, 0) is 27.0 Å². The van der Waals surface area contributed by atoms with Gasteiger partial charge in [0.05, 0.1) is 15.7 Å². The van der Waals surface area contributed by atoms with Gasteiger partial charge in [-0.3, -0.25) is 9.59 Å². The van der Waals surface area contributed by atoms with Crippen molar-refractivity contribution in [3.8, 4) is 0 Å². The van der Waals surface area contributed by atoms with Crippen molar-refractivity contribution in [2.75, 3.05) is 0 Å². The lowest BCUT2D eigenvalue weighted by Gasteiger charge is -2.42. The van der Waals surface area contributed by atoms with Crippen LogP contribution in [0.1, 0.15) is 58.4 Å². The molecule has 0 radical (unpaired) electrons. The lowest BCUT2D eigenvalue weighted by Crippen LogP contribution is -2.53. The van der Waals surface area contributed by atoms with Gasteiger partial charge in [-0.2, -0.15) is 0 Å². The number of carboxylic acid groups (broad SMARTS) is 1. The molecule has 2 aliphatic rings. The molecule has 1 amide bonds. The summed E-state index contributed by atoms with van der Waals surface area (Å²) in [5, 5.41) is 8.97. The van der Waals surface area contributed by atoms with Gasteiger partial charge in [0, 0.05) is 24.2 Å². The number of carbonyl (C=O) groups is 2. The highest BCUT2D eigenvalue weighted by atomic mass is 32.2. The number of hydrogen-bond acceptors (Lipinski definition) is 3. The Balaban J connectivity index is 1.83. The van der Waals surface area contributed by atoms with E-state index >= 15 is 0 Å². The zero-order chi connectivity index (χ0) is 23.8.